The lowest BCUT2D eigenvalue weighted by Gasteiger charge is -2.21. The fraction of sp³-hybridized carbons (Fsp3) is 0.286. The predicted molar refractivity (Wildman–Crippen MR) is 74.6 cm³/mol. The summed E-state index contributed by atoms with van der Waals surface area (Å²) < 4.78 is 5.67. The fourth-order valence-electron chi connectivity index (χ4n) is 2.09. The Labute approximate surface area is 105 Å². The van der Waals surface area contributed by atoms with E-state index in [-0.39, 0.29) is 0 Å². The van der Waals surface area contributed by atoms with Gasteiger partial charge in [-0.25, -0.2) is 0 Å². The van der Waals surface area contributed by atoms with Gasteiger partial charge in [-0.05, 0) is 30.9 Å². The Bertz CT molecular complexity index is 529. The summed E-state index contributed by atoms with van der Waals surface area (Å²) in [5, 5.41) is 12.3. The third-order valence-corrected chi connectivity index (χ3v) is 3.13. The van der Waals surface area contributed by atoms with Gasteiger partial charge in [-0.3, -0.25) is 0 Å². The summed E-state index contributed by atoms with van der Waals surface area (Å²) in [7, 11) is 1.02. The van der Waals surface area contributed by atoms with E-state index in [9.17, 15) is 5.11 Å². The van der Waals surface area contributed by atoms with E-state index in [1.807, 2.05) is 50.2 Å². The molecule has 0 fully saturated rings. The standard InChI is InChI=1S/C14H18O2Si/c1-14(2,15)12-7-8-13(16-9-17)11-6-4-3-5-10(11)12/h3-8,15H,9H2,1-2,17H3. The Balaban J connectivity index is 2.71. The molecule has 0 aromatic heterocycles. The summed E-state index contributed by atoms with van der Waals surface area (Å²) >= 11 is 0. The van der Waals surface area contributed by atoms with Crippen molar-refractivity contribution in [3.63, 3.8) is 0 Å². The molecular formula is C14H18O2Si. The zero-order valence-electron chi connectivity index (χ0n) is 10.5. The van der Waals surface area contributed by atoms with Crippen LogP contribution in [0.25, 0.3) is 10.8 Å². The minimum atomic E-state index is -0.834. The Hall–Kier alpha value is -1.32. The van der Waals surface area contributed by atoms with Gasteiger partial charge in [0.15, 0.2) is 0 Å². The average molecular weight is 246 g/mol. The summed E-state index contributed by atoms with van der Waals surface area (Å²) in [5.41, 5.74) is 0.104. The van der Waals surface area contributed by atoms with Gasteiger partial charge in [0.05, 0.1) is 22.1 Å². The number of hydrogen-bond donors (Lipinski definition) is 1. The van der Waals surface area contributed by atoms with Gasteiger partial charge < -0.3 is 9.84 Å². The normalized spacial score (nSPS) is 11.9. The van der Waals surface area contributed by atoms with E-state index < -0.39 is 5.60 Å². The zero-order chi connectivity index (χ0) is 12.5. The molecule has 0 saturated heterocycles. The molecule has 0 heterocycles. The van der Waals surface area contributed by atoms with Crippen LogP contribution in [0.15, 0.2) is 36.4 Å². The van der Waals surface area contributed by atoms with Gasteiger partial charge >= 0.3 is 0 Å². The molecule has 0 unspecified atom stereocenters. The van der Waals surface area contributed by atoms with Crippen LogP contribution in [-0.2, 0) is 5.60 Å². The van der Waals surface area contributed by atoms with Gasteiger partial charge in [-0.2, -0.15) is 0 Å². The van der Waals surface area contributed by atoms with E-state index in [2.05, 4.69) is 0 Å². The largest absolute Gasteiger partial charge is 0.498 e. The lowest BCUT2D eigenvalue weighted by Crippen LogP contribution is -2.16. The molecule has 2 aromatic rings. The molecule has 0 bridgehead atoms. The Morgan fingerprint density at radius 3 is 2.35 bits per heavy atom. The molecule has 3 heteroatoms. The van der Waals surface area contributed by atoms with Crippen LogP contribution in [0, 0.1) is 0 Å². The zero-order valence-corrected chi connectivity index (χ0v) is 12.5. The molecule has 0 amide bonds. The van der Waals surface area contributed by atoms with Crippen molar-refractivity contribution in [1.29, 1.82) is 0 Å². The minimum Gasteiger partial charge on any atom is -0.498 e. The first kappa shape index (κ1) is 12.1. The molecule has 0 atom stereocenters. The van der Waals surface area contributed by atoms with Crippen LogP contribution in [0.5, 0.6) is 5.75 Å². The van der Waals surface area contributed by atoms with Crippen LogP contribution in [0.1, 0.15) is 19.4 Å². The number of ether oxygens (including phenoxy) is 1. The highest BCUT2D eigenvalue weighted by Gasteiger charge is 2.19. The Morgan fingerprint density at radius 1 is 1.12 bits per heavy atom. The smallest absolute Gasteiger partial charge is 0.126 e. The fourth-order valence-corrected chi connectivity index (χ4v) is 2.40. The second kappa shape index (κ2) is 4.51. The molecule has 0 aliphatic heterocycles. The van der Waals surface area contributed by atoms with Gasteiger partial charge in [0, 0.05) is 5.39 Å². The third-order valence-electron chi connectivity index (χ3n) is 2.84. The van der Waals surface area contributed by atoms with Crippen LogP contribution >= 0.6 is 0 Å². The molecule has 90 valence electrons. The van der Waals surface area contributed by atoms with E-state index in [0.717, 1.165) is 38.6 Å². The summed E-state index contributed by atoms with van der Waals surface area (Å²) in [6, 6.07) is 12.0. The number of hydrogen-bond acceptors (Lipinski definition) is 2. The summed E-state index contributed by atoms with van der Waals surface area (Å²) in [6.07, 6.45) is 0.784. The molecule has 1 N–H and O–H groups in total. The maximum Gasteiger partial charge on any atom is 0.126 e. The number of rotatable bonds is 3. The monoisotopic (exact) mass is 246 g/mol. The molecule has 0 aliphatic carbocycles. The molecule has 0 aliphatic rings. The van der Waals surface area contributed by atoms with Crippen molar-refractivity contribution >= 4 is 21.0 Å². The first-order valence-corrected chi connectivity index (χ1v) is 7.33. The lowest BCUT2D eigenvalue weighted by molar-refractivity contribution is 0.0802. The minimum absolute atomic E-state index is 0.784. The van der Waals surface area contributed by atoms with E-state index in [1.54, 1.807) is 0 Å². The molecule has 17 heavy (non-hydrogen) atoms. The lowest BCUT2D eigenvalue weighted by atomic mass is 9.92. The summed E-state index contributed by atoms with van der Waals surface area (Å²) in [4.78, 5) is 0. The number of aliphatic hydroxyl groups is 1. The topological polar surface area (TPSA) is 29.5 Å². The Kier molecular flexibility index (Phi) is 3.22. The van der Waals surface area contributed by atoms with Gasteiger partial charge in [-0.15, -0.1) is 0 Å². The third kappa shape index (κ3) is 2.35. The molecule has 0 spiro atoms. The van der Waals surface area contributed by atoms with Crippen molar-refractivity contribution in [1.82, 2.24) is 0 Å². The van der Waals surface area contributed by atoms with Crippen LogP contribution in [0.2, 0.25) is 0 Å². The highest BCUT2D eigenvalue weighted by Crippen LogP contribution is 2.33. The molecule has 2 nitrogen and oxygen atoms in total. The second-order valence-electron chi connectivity index (χ2n) is 4.65. The van der Waals surface area contributed by atoms with E-state index in [0.29, 0.717) is 0 Å². The highest BCUT2D eigenvalue weighted by atomic mass is 28.1. The van der Waals surface area contributed by atoms with Gasteiger partial charge in [0.1, 0.15) is 5.75 Å². The number of benzene rings is 2. The molecule has 0 radical (unpaired) electrons. The van der Waals surface area contributed by atoms with Crippen molar-refractivity contribution < 1.29 is 9.84 Å². The van der Waals surface area contributed by atoms with Crippen molar-refractivity contribution in [2.45, 2.75) is 19.4 Å². The Morgan fingerprint density at radius 2 is 1.76 bits per heavy atom. The average Bonchev–Trinajstić information content (AvgIpc) is 2.28. The van der Waals surface area contributed by atoms with Gasteiger partial charge in [0.25, 0.3) is 0 Å². The predicted octanol–water partition coefficient (Wildman–Crippen LogP) is 1.77. The maximum absolute atomic E-state index is 10.2. The highest BCUT2D eigenvalue weighted by molar-refractivity contribution is 6.08. The first-order valence-electron chi connectivity index (χ1n) is 5.91. The van der Waals surface area contributed by atoms with Crippen molar-refractivity contribution in [3.8, 4) is 5.75 Å². The molecular weight excluding hydrogens is 228 g/mol. The van der Waals surface area contributed by atoms with E-state index in [1.165, 1.54) is 0 Å². The van der Waals surface area contributed by atoms with Gasteiger partial charge in [-0.1, -0.05) is 30.3 Å². The quantitative estimate of drug-likeness (QED) is 0.836. The first-order chi connectivity index (χ1) is 8.04. The second-order valence-corrected chi connectivity index (χ2v) is 5.23. The van der Waals surface area contributed by atoms with Crippen LogP contribution < -0.4 is 4.74 Å². The van der Waals surface area contributed by atoms with E-state index >= 15 is 0 Å². The molecule has 0 saturated carbocycles. The van der Waals surface area contributed by atoms with Crippen molar-refractivity contribution in [2.24, 2.45) is 0 Å². The summed E-state index contributed by atoms with van der Waals surface area (Å²) in [6.45, 7) is 3.62. The number of fused-ring (bicyclic) bond motifs is 1. The van der Waals surface area contributed by atoms with Crippen LogP contribution in [0.4, 0.5) is 0 Å². The van der Waals surface area contributed by atoms with Gasteiger partial charge in [0.2, 0.25) is 0 Å². The summed E-state index contributed by atoms with van der Waals surface area (Å²) in [5.74, 6) is 0.906. The van der Waals surface area contributed by atoms with Crippen molar-refractivity contribution in [3.05, 3.63) is 42.0 Å². The van der Waals surface area contributed by atoms with Crippen LogP contribution in [0.3, 0.4) is 0 Å². The maximum atomic E-state index is 10.2. The van der Waals surface area contributed by atoms with Crippen molar-refractivity contribution in [2.75, 3.05) is 6.23 Å². The molecule has 2 aromatic carbocycles. The van der Waals surface area contributed by atoms with E-state index in [4.69, 9.17) is 4.74 Å². The SMILES string of the molecule is CC(C)(O)c1ccc(OC[SiH3])c2ccccc12. The molecule has 2 rings (SSSR count). The van der Waals surface area contributed by atoms with Crippen LogP contribution in [-0.4, -0.2) is 21.6 Å².